The molecule has 17 heavy (non-hydrogen) atoms. The Morgan fingerprint density at radius 2 is 2.12 bits per heavy atom. The van der Waals surface area contributed by atoms with Crippen LogP contribution >= 0.6 is 11.8 Å². The van der Waals surface area contributed by atoms with Gasteiger partial charge >= 0.3 is 5.97 Å². The molecule has 0 fully saturated rings. The van der Waals surface area contributed by atoms with E-state index in [4.69, 9.17) is 9.15 Å². The minimum atomic E-state index is -0.384. The fraction of sp³-hybridized carbons (Fsp3) is 0.583. The average molecular weight is 258 g/mol. The molecule has 0 saturated carbocycles. The Morgan fingerprint density at radius 1 is 1.41 bits per heavy atom. The summed E-state index contributed by atoms with van der Waals surface area (Å²) in [6.07, 6.45) is 1.99. The van der Waals surface area contributed by atoms with Crippen molar-refractivity contribution in [1.29, 1.82) is 0 Å². The topological polar surface area (TPSA) is 39.4 Å². The first kappa shape index (κ1) is 14.1. The normalized spacial score (nSPS) is 11.5. The SMILES string of the molecule is CSCc1ccc(C(=O)OCC[N+](C)(C)C)o1. The van der Waals surface area contributed by atoms with Crippen LogP contribution in [0, 0.1) is 0 Å². The van der Waals surface area contributed by atoms with Crippen molar-refractivity contribution in [2.45, 2.75) is 5.75 Å². The molecule has 1 aromatic heterocycles. The maximum Gasteiger partial charge on any atom is 0.374 e. The quantitative estimate of drug-likeness (QED) is 0.578. The zero-order valence-corrected chi connectivity index (χ0v) is 11.7. The molecule has 96 valence electrons. The van der Waals surface area contributed by atoms with Gasteiger partial charge in [0.1, 0.15) is 18.9 Å². The summed E-state index contributed by atoms with van der Waals surface area (Å²) in [6.45, 7) is 1.19. The van der Waals surface area contributed by atoms with Gasteiger partial charge in [-0.15, -0.1) is 0 Å². The molecule has 0 aliphatic heterocycles. The van der Waals surface area contributed by atoms with Crippen molar-refractivity contribution >= 4 is 17.7 Å². The van der Waals surface area contributed by atoms with Crippen molar-refractivity contribution in [3.63, 3.8) is 0 Å². The lowest BCUT2D eigenvalue weighted by molar-refractivity contribution is -0.870. The fourth-order valence-corrected chi connectivity index (χ4v) is 1.63. The summed E-state index contributed by atoms with van der Waals surface area (Å²) in [5, 5.41) is 0. The van der Waals surface area contributed by atoms with Crippen LogP contribution in [0.4, 0.5) is 0 Å². The minimum absolute atomic E-state index is 0.287. The molecular weight excluding hydrogens is 238 g/mol. The van der Waals surface area contributed by atoms with Crippen LogP contribution in [0.15, 0.2) is 16.5 Å². The van der Waals surface area contributed by atoms with Crippen LogP contribution < -0.4 is 0 Å². The number of quaternary nitrogens is 1. The van der Waals surface area contributed by atoms with E-state index in [2.05, 4.69) is 21.1 Å². The second kappa shape index (κ2) is 6.12. The number of rotatable bonds is 6. The second-order valence-electron chi connectivity index (χ2n) is 4.85. The highest BCUT2D eigenvalue weighted by atomic mass is 32.2. The predicted octanol–water partition coefficient (Wildman–Crippen LogP) is 2.01. The molecular formula is C12H20NO3S+. The number of carbonyl (C=O) groups excluding carboxylic acids is 1. The predicted molar refractivity (Wildman–Crippen MR) is 69.1 cm³/mol. The third-order valence-electron chi connectivity index (χ3n) is 2.14. The van der Waals surface area contributed by atoms with Crippen LogP contribution in [-0.4, -0.2) is 51.0 Å². The Morgan fingerprint density at radius 3 is 2.71 bits per heavy atom. The third kappa shape index (κ3) is 5.28. The summed E-state index contributed by atoms with van der Waals surface area (Å²) < 4.78 is 11.3. The highest BCUT2D eigenvalue weighted by Gasteiger charge is 2.14. The third-order valence-corrected chi connectivity index (χ3v) is 2.72. The van der Waals surface area contributed by atoms with Gasteiger partial charge in [-0.3, -0.25) is 0 Å². The molecule has 0 amide bonds. The van der Waals surface area contributed by atoms with Gasteiger partial charge in [0.15, 0.2) is 0 Å². The Kier molecular flexibility index (Phi) is 5.08. The van der Waals surface area contributed by atoms with Gasteiger partial charge in [-0.05, 0) is 18.4 Å². The molecule has 1 heterocycles. The van der Waals surface area contributed by atoms with Crippen molar-refractivity contribution in [3.8, 4) is 0 Å². The van der Waals surface area contributed by atoms with E-state index in [1.807, 2.05) is 12.3 Å². The largest absolute Gasteiger partial charge is 0.454 e. The van der Waals surface area contributed by atoms with Gasteiger partial charge in [-0.2, -0.15) is 11.8 Å². The summed E-state index contributed by atoms with van der Waals surface area (Å²) in [7, 11) is 6.16. The fourth-order valence-electron chi connectivity index (χ4n) is 1.19. The number of nitrogens with zero attached hydrogens (tertiary/aromatic N) is 1. The van der Waals surface area contributed by atoms with Crippen molar-refractivity contribution in [3.05, 3.63) is 23.7 Å². The molecule has 0 spiro atoms. The number of carbonyl (C=O) groups is 1. The molecule has 0 radical (unpaired) electrons. The molecule has 0 N–H and O–H groups in total. The molecule has 0 aliphatic rings. The van der Waals surface area contributed by atoms with E-state index in [-0.39, 0.29) is 11.7 Å². The molecule has 4 nitrogen and oxygen atoms in total. The zero-order chi connectivity index (χ0) is 12.9. The molecule has 0 aliphatic carbocycles. The molecule has 0 unspecified atom stereocenters. The van der Waals surface area contributed by atoms with Gasteiger partial charge in [0.25, 0.3) is 0 Å². The highest BCUT2D eigenvalue weighted by molar-refractivity contribution is 7.97. The Hall–Kier alpha value is -0.940. The summed E-state index contributed by atoms with van der Waals surface area (Å²) >= 11 is 1.65. The number of thioether (sulfide) groups is 1. The van der Waals surface area contributed by atoms with E-state index < -0.39 is 0 Å². The molecule has 0 saturated heterocycles. The van der Waals surface area contributed by atoms with Crippen LogP contribution in [0.5, 0.6) is 0 Å². The lowest BCUT2D eigenvalue weighted by Crippen LogP contribution is -2.37. The molecule has 0 bridgehead atoms. The number of esters is 1. The molecule has 0 aromatic carbocycles. The average Bonchev–Trinajstić information content (AvgIpc) is 2.65. The minimum Gasteiger partial charge on any atom is -0.454 e. The van der Waals surface area contributed by atoms with Crippen LogP contribution in [0.25, 0.3) is 0 Å². The maximum atomic E-state index is 11.6. The number of furan rings is 1. The highest BCUT2D eigenvalue weighted by Crippen LogP contribution is 2.14. The summed E-state index contributed by atoms with van der Waals surface area (Å²) in [5.41, 5.74) is 0. The van der Waals surface area contributed by atoms with Gasteiger partial charge in [0, 0.05) is 0 Å². The van der Waals surface area contributed by atoms with E-state index >= 15 is 0 Å². The number of ether oxygens (including phenoxy) is 1. The van der Waals surface area contributed by atoms with Crippen LogP contribution in [0.1, 0.15) is 16.3 Å². The van der Waals surface area contributed by atoms with Gasteiger partial charge < -0.3 is 13.6 Å². The number of hydrogen-bond donors (Lipinski definition) is 0. The van der Waals surface area contributed by atoms with E-state index in [9.17, 15) is 4.79 Å². The number of likely N-dealkylation sites (N-methyl/N-ethyl adjacent to an activating group) is 1. The first-order valence-electron chi connectivity index (χ1n) is 5.47. The second-order valence-corrected chi connectivity index (χ2v) is 5.71. The van der Waals surface area contributed by atoms with Crippen molar-refractivity contribution in [2.75, 3.05) is 40.6 Å². The van der Waals surface area contributed by atoms with Crippen LogP contribution in [0.3, 0.4) is 0 Å². The Labute approximate surface area is 107 Å². The first-order chi connectivity index (χ1) is 7.92. The van der Waals surface area contributed by atoms with Gasteiger partial charge in [-0.1, -0.05) is 0 Å². The van der Waals surface area contributed by atoms with Crippen molar-refractivity contribution < 1.29 is 18.4 Å². The maximum absolute atomic E-state index is 11.6. The summed E-state index contributed by atoms with van der Waals surface area (Å²) in [4.78, 5) is 11.6. The molecule has 0 atom stereocenters. The first-order valence-corrected chi connectivity index (χ1v) is 6.87. The van der Waals surface area contributed by atoms with Crippen molar-refractivity contribution in [1.82, 2.24) is 0 Å². The monoisotopic (exact) mass is 258 g/mol. The molecule has 1 rings (SSSR count). The lowest BCUT2D eigenvalue weighted by atomic mass is 10.4. The van der Waals surface area contributed by atoms with E-state index in [1.165, 1.54) is 0 Å². The Balaban J connectivity index is 2.41. The van der Waals surface area contributed by atoms with Gasteiger partial charge in [-0.25, -0.2) is 4.79 Å². The zero-order valence-electron chi connectivity index (χ0n) is 10.9. The van der Waals surface area contributed by atoms with Crippen molar-refractivity contribution in [2.24, 2.45) is 0 Å². The Bertz CT molecular complexity index is 368. The number of hydrogen-bond acceptors (Lipinski definition) is 4. The smallest absolute Gasteiger partial charge is 0.374 e. The van der Waals surface area contributed by atoms with Gasteiger partial charge in [0.05, 0.1) is 26.9 Å². The van der Waals surface area contributed by atoms with E-state index in [0.29, 0.717) is 6.61 Å². The van der Waals surface area contributed by atoms with E-state index in [0.717, 1.165) is 22.5 Å². The molecule has 1 aromatic rings. The van der Waals surface area contributed by atoms with Crippen LogP contribution in [0.2, 0.25) is 0 Å². The summed E-state index contributed by atoms with van der Waals surface area (Å²) in [5.74, 6) is 1.48. The lowest BCUT2D eigenvalue weighted by Gasteiger charge is -2.23. The van der Waals surface area contributed by atoms with E-state index in [1.54, 1.807) is 17.8 Å². The standard InChI is InChI=1S/C12H20NO3S/c1-13(2,3)7-8-15-12(14)11-6-5-10(16-11)9-17-4/h5-6H,7-9H2,1-4H3/q+1. The molecule has 5 heteroatoms. The van der Waals surface area contributed by atoms with Crippen LogP contribution in [-0.2, 0) is 10.5 Å². The summed E-state index contributed by atoms with van der Waals surface area (Å²) in [6, 6.07) is 3.48. The van der Waals surface area contributed by atoms with Gasteiger partial charge in [0.2, 0.25) is 5.76 Å².